The Labute approximate surface area is 126 Å². The average Bonchev–Trinajstić information content (AvgIpc) is 2.85. The van der Waals surface area contributed by atoms with Crippen molar-refractivity contribution in [3.63, 3.8) is 0 Å². The van der Waals surface area contributed by atoms with Gasteiger partial charge in [-0.25, -0.2) is 8.42 Å². The third-order valence-electron chi connectivity index (χ3n) is 2.95. The molecule has 0 spiro atoms. The highest BCUT2D eigenvalue weighted by Gasteiger charge is 2.18. The van der Waals surface area contributed by atoms with Crippen molar-refractivity contribution in [2.24, 2.45) is 0 Å². The molecule has 1 heterocycles. The van der Waals surface area contributed by atoms with E-state index in [4.69, 9.17) is 11.6 Å². The number of rotatable bonds is 3. The molecule has 21 heavy (non-hydrogen) atoms. The first-order valence-corrected chi connectivity index (χ1v) is 7.91. The van der Waals surface area contributed by atoms with Crippen LogP contribution in [-0.4, -0.2) is 23.8 Å². The van der Waals surface area contributed by atoms with E-state index < -0.39 is 10.0 Å². The number of anilines is 1. The molecule has 0 radical (unpaired) electrons. The number of aromatic nitrogens is 3. The van der Waals surface area contributed by atoms with Gasteiger partial charge in [-0.15, -0.1) is 0 Å². The lowest BCUT2D eigenvalue weighted by Crippen LogP contribution is -2.13. The first kappa shape index (κ1) is 13.8. The van der Waals surface area contributed by atoms with Crippen LogP contribution in [0.2, 0.25) is 5.02 Å². The van der Waals surface area contributed by atoms with Crippen molar-refractivity contribution in [1.29, 1.82) is 0 Å². The van der Waals surface area contributed by atoms with Gasteiger partial charge < -0.3 is 0 Å². The number of fused-ring (bicyclic) bond motifs is 1. The van der Waals surface area contributed by atoms with Crippen LogP contribution in [0.4, 0.5) is 5.69 Å². The number of hydrogen-bond acceptors (Lipinski definition) is 4. The van der Waals surface area contributed by atoms with E-state index in [1.165, 1.54) is 6.07 Å². The zero-order valence-electron chi connectivity index (χ0n) is 11.0. The maximum atomic E-state index is 12.4. The lowest BCUT2D eigenvalue weighted by Gasteiger charge is -2.09. The number of hydrogen-bond donors (Lipinski definition) is 2. The Balaban J connectivity index is 1.98. The first-order valence-electron chi connectivity index (χ1n) is 6.05. The van der Waals surface area contributed by atoms with Gasteiger partial charge in [-0.1, -0.05) is 17.7 Å². The Bertz CT molecular complexity index is 921. The Morgan fingerprint density at radius 1 is 1.10 bits per heavy atom. The molecule has 0 saturated heterocycles. The molecule has 0 unspecified atom stereocenters. The van der Waals surface area contributed by atoms with Gasteiger partial charge in [0.25, 0.3) is 10.0 Å². The van der Waals surface area contributed by atoms with Crippen molar-refractivity contribution in [3.05, 3.63) is 47.0 Å². The molecule has 0 saturated carbocycles. The summed E-state index contributed by atoms with van der Waals surface area (Å²) in [7, 11) is -3.75. The average molecular weight is 323 g/mol. The molecular formula is C13H11ClN4O2S. The molecule has 2 aromatic carbocycles. The number of nitrogens with zero attached hydrogens (tertiary/aromatic N) is 2. The van der Waals surface area contributed by atoms with Gasteiger partial charge in [0.05, 0.1) is 10.7 Å². The maximum absolute atomic E-state index is 12.4. The fourth-order valence-electron chi connectivity index (χ4n) is 1.94. The van der Waals surface area contributed by atoms with E-state index in [-0.39, 0.29) is 9.92 Å². The number of aryl methyl sites for hydroxylation is 1. The number of benzene rings is 2. The van der Waals surface area contributed by atoms with Crippen LogP contribution in [0, 0.1) is 6.92 Å². The second-order valence-corrected chi connectivity index (χ2v) is 6.62. The highest BCUT2D eigenvalue weighted by Crippen LogP contribution is 2.25. The number of halogens is 1. The third kappa shape index (κ3) is 2.70. The van der Waals surface area contributed by atoms with E-state index in [0.717, 1.165) is 5.56 Å². The summed E-state index contributed by atoms with van der Waals surface area (Å²) in [4.78, 5) is 0.0371. The minimum Gasteiger partial charge on any atom is -0.280 e. The molecular weight excluding hydrogens is 312 g/mol. The fourth-order valence-corrected chi connectivity index (χ4v) is 3.59. The van der Waals surface area contributed by atoms with Crippen molar-refractivity contribution < 1.29 is 8.42 Å². The predicted molar refractivity (Wildman–Crippen MR) is 80.9 cm³/mol. The van der Waals surface area contributed by atoms with Crippen LogP contribution >= 0.6 is 11.6 Å². The number of aromatic amines is 1. The van der Waals surface area contributed by atoms with Crippen molar-refractivity contribution in [1.82, 2.24) is 15.4 Å². The molecule has 0 bridgehead atoms. The summed E-state index contributed by atoms with van der Waals surface area (Å²) in [6, 6.07) is 9.67. The van der Waals surface area contributed by atoms with Gasteiger partial charge in [-0.3, -0.25) is 4.72 Å². The highest BCUT2D eigenvalue weighted by molar-refractivity contribution is 7.92. The van der Waals surface area contributed by atoms with Crippen molar-refractivity contribution in [2.45, 2.75) is 11.8 Å². The maximum Gasteiger partial charge on any atom is 0.263 e. The molecule has 3 aromatic rings. The number of nitrogens with one attached hydrogen (secondary N) is 2. The second kappa shape index (κ2) is 5.01. The lowest BCUT2D eigenvalue weighted by molar-refractivity contribution is 0.601. The smallest absolute Gasteiger partial charge is 0.263 e. The normalized spacial score (nSPS) is 11.7. The second-order valence-electron chi connectivity index (χ2n) is 4.57. The Kier molecular flexibility index (Phi) is 3.30. The van der Waals surface area contributed by atoms with Gasteiger partial charge in [-0.2, -0.15) is 15.4 Å². The number of sulfonamides is 1. The molecule has 8 heteroatoms. The summed E-state index contributed by atoms with van der Waals surface area (Å²) < 4.78 is 27.2. The topological polar surface area (TPSA) is 87.7 Å². The monoisotopic (exact) mass is 322 g/mol. The van der Waals surface area contributed by atoms with Crippen LogP contribution in [0.1, 0.15) is 5.56 Å². The lowest BCUT2D eigenvalue weighted by atomic mass is 10.2. The van der Waals surface area contributed by atoms with E-state index in [0.29, 0.717) is 16.7 Å². The van der Waals surface area contributed by atoms with Gasteiger partial charge in [0.1, 0.15) is 15.9 Å². The van der Waals surface area contributed by atoms with E-state index in [9.17, 15) is 8.42 Å². The summed E-state index contributed by atoms with van der Waals surface area (Å²) in [5, 5.41) is 10.5. The molecule has 2 N–H and O–H groups in total. The minimum absolute atomic E-state index is 0.0371. The molecule has 0 fully saturated rings. The van der Waals surface area contributed by atoms with E-state index in [1.54, 1.807) is 30.3 Å². The van der Waals surface area contributed by atoms with Gasteiger partial charge in [0, 0.05) is 0 Å². The third-order valence-corrected chi connectivity index (χ3v) is 4.81. The molecule has 0 amide bonds. The van der Waals surface area contributed by atoms with Crippen LogP contribution in [0.25, 0.3) is 11.0 Å². The summed E-state index contributed by atoms with van der Waals surface area (Å²) in [6.45, 7) is 1.84. The van der Waals surface area contributed by atoms with E-state index in [2.05, 4.69) is 20.1 Å². The van der Waals surface area contributed by atoms with E-state index in [1.807, 2.05) is 6.92 Å². The van der Waals surface area contributed by atoms with E-state index >= 15 is 0 Å². The van der Waals surface area contributed by atoms with Gasteiger partial charge in [0.15, 0.2) is 0 Å². The molecule has 0 aliphatic carbocycles. The highest BCUT2D eigenvalue weighted by atomic mass is 35.5. The summed E-state index contributed by atoms with van der Waals surface area (Å²) in [6.07, 6.45) is 0. The quantitative estimate of drug-likeness (QED) is 0.776. The summed E-state index contributed by atoms with van der Waals surface area (Å²) in [5.74, 6) is 0. The van der Waals surface area contributed by atoms with Crippen molar-refractivity contribution in [2.75, 3.05) is 4.72 Å². The Morgan fingerprint density at radius 2 is 1.86 bits per heavy atom. The molecule has 6 nitrogen and oxygen atoms in total. The minimum atomic E-state index is -3.75. The zero-order valence-corrected chi connectivity index (χ0v) is 12.5. The predicted octanol–water partition coefficient (Wildman–Crippen LogP) is 2.72. The zero-order chi connectivity index (χ0) is 15.0. The fraction of sp³-hybridized carbons (Fsp3) is 0.0769. The molecule has 1 aromatic heterocycles. The van der Waals surface area contributed by atoms with Crippen LogP contribution in [0.15, 0.2) is 41.3 Å². The molecule has 108 valence electrons. The molecule has 0 atom stereocenters. The van der Waals surface area contributed by atoms with Gasteiger partial charge in [-0.05, 0) is 42.8 Å². The van der Waals surface area contributed by atoms with Gasteiger partial charge >= 0.3 is 0 Å². The summed E-state index contributed by atoms with van der Waals surface area (Å²) in [5.41, 5.74) is 2.52. The van der Waals surface area contributed by atoms with Crippen molar-refractivity contribution in [3.8, 4) is 0 Å². The van der Waals surface area contributed by atoms with Crippen LogP contribution in [0.3, 0.4) is 0 Å². The SMILES string of the molecule is Cc1ccc(S(=O)(=O)Nc2ccc3n[nH]nc3c2)c(Cl)c1. The Hall–Kier alpha value is -2.12. The first-order chi connectivity index (χ1) is 9.95. The standard InChI is InChI=1S/C13H11ClN4O2S/c1-8-2-5-13(10(14)6-8)21(19,20)17-9-3-4-11-12(7-9)16-18-15-11/h2-7,17H,1H3,(H,15,16,18). The van der Waals surface area contributed by atoms with Crippen molar-refractivity contribution >= 4 is 38.3 Å². The van der Waals surface area contributed by atoms with Crippen LogP contribution in [-0.2, 0) is 10.0 Å². The molecule has 0 aliphatic rings. The van der Waals surface area contributed by atoms with Gasteiger partial charge in [0.2, 0.25) is 0 Å². The largest absolute Gasteiger partial charge is 0.280 e. The Morgan fingerprint density at radius 3 is 2.62 bits per heavy atom. The van der Waals surface area contributed by atoms with Crippen LogP contribution in [0.5, 0.6) is 0 Å². The molecule has 0 aliphatic heterocycles. The molecule has 3 rings (SSSR count). The summed E-state index contributed by atoms with van der Waals surface area (Å²) >= 11 is 6.01. The van der Waals surface area contributed by atoms with Crippen LogP contribution < -0.4 is 4.72 Å². The number of H-pyrrole nitrogens is 1.